The van der Waals surface area contributed by atoms with Crippen LogP contribution in [0.3, 0.4) is 0 Å². The van der Waals surface area contributed by atoms with Gasteiger partial charge in [0.2, 0.25) is 0 Å². The zero-order valence-electron chi connectivity index (χ0n) is 9.55. The van der Waals surface area contributed by atoms with E-state index in [1.165, 1.54) is 13.2 Å². The molecule has 0 spiro atoms. The van der Waals surface area contributed by atoms with E-state index in [9.17, 15) is 9.18 Å². The SMILES string of the molecule is COC(=O)CCCNc1cccc(F)c1C. The van der Waals surface area contributed by atoms with Crippen LogP contribution >= 0.6 is 0 Å². The third-order valence-corrected chi connectivity index (χ3v) is 2.37. The molecule has 1 rings (SSSR count). The first-order valence-electron chi connectivity index (χ1n) is 5.21. The maximum atomic E-state index is 13.2. The zero-order chi connectivity index (χ0) is 12.0. The van der Waals surface area contributed by atoms with Gasteiger partial charge in [-0.15, -0.1) is 0 Å². The first kappa shape index (κ1) is 12.5. The van der Waals surface area contributed by atoms with E-state index < -0.39 is 0 Å². The molecule has 1 aromatic carbocycles. The van der Waals surface area contributed by atoms with Crippen molar-refractivity contribution in [1.29, 1.82) is 0 Å². The topological polar surface area (TPSA) is 38.3 Å². The fourth-order valence-corrected chi connectivity index (χ4v) is 1.36. The molecule has 0 amide bonds. The number of hydrogen-bond donors (Lipinski definition) is 1. The highest BCUT2D eigenvalue weighted by Gasteiger charge is 2.03. The molecular formula is C12H16FNO2. The lowest BCUT2D eigenvalue weighted by atomic mass is 10.2. The molecule has 0 radical (unpaired) electrons. The van der Waals surface area contributed by atoms with Crippen molar-refractivity contribution in [3.05, 3.63) is 29.6 Å². The Morgan fingerprint density at radius 2 is 2.25 bits per heavy atom. The van der Waals surface area contributed by atoms with Gasteiger partial charge in [0, 0.05) is 24.2 Å². The Balaban J connectivity index is 2.38. The molecule has 0 bridgehead atoms. The van der Waals surface area contributed by atoms with Crippen LogP contribution in [0.15, 0.2) is 18.2 Å². The van der Waals surface area contributed by atoms with Crippen LogP contribution in [0.2, 0.25) is 0 Å². The molecule has 1 N–H and O–H groups in total. The second-order valence-corrected chi connectivity index (χ2v) is 3.52. The molecule has 4 heteroatoms. The number of esters is 1. The van der Waals surface area contributed by atoms with Gasteiger partial charge in [0.1, 0.15) is 5.82 Å². The maximum absolute atomic E-state index is 13.2. The van der Waals surface area contributed by atoms with Gasteiger partial charge in [0.15, 0.2) is 0 Å². The highest BCUT2D eigenvalue weighted by Crippen LogP contribution is 2.17. The van der Waals surface area contributed by atoms with E-state index in [1.807, 2.05) is 6.07 Å². The minimum Gasteiger partial charge on any atom is -0.469 e. The van der Waals surface area contributed by atoms with E-state index >= 15 is 0 Å². The summed E-state index contributed by atoms with van der Waals surface area (Å²) in [6, 6.07) is 4.90. The summed E-state index contributed by atoms with van der Waals surface area (Å²) in [5.74, 6) is -0.448. The Hall–Kier alpha value is -1.58. The molecule has 0 saturated carbocycles. The lowest BCUT2D eigenvalue weighted by Gasteiger charge is -2.09. The van der Waals surface area contributed by atoms with Crippen LogP contribution in [0.1, 0.15) is 18.4 Å². The predicted molar refractivity (Wildman–Crippen MR) is 60.9 cm³/mol. The van der Waals surface area contributed by atoms with Crippen molar-refractivity contribution in [2.24, 2.45) is 0 Å². The quantitative estimate of drug-likeness (QED) is 0.618. The molecule has 0 aliphatic rings. The van der Waals surface area contributed by atoms with Gasteiger partial charge in [-0.1, -0.05) is 6.07 Å². The molecule has 0 saturated heterocycles. The monoisotopic (exact) mass is 225 g/mol. The number of carbonyl (C=O) groups is 1. The van der Waals surface area contributed by atoms with Gasteiger partial charge in [-0.05, 0) is 25.5 Å². The molecule has 0 aliphatic carbocycles. The number of methoxy groups -OCH3 is 1. The number of halogens is 1. The fourth-order valence-electron chi connectivity index (χ4n) is 1.36. The van der Waals surface area contributed by atoms with Crippen molar-refractivity contribution < 1.29 is 13.9 Å². The number of hydrogen-bond acceptors (Lipinski definition) is 3. The highest BCUT2D eigenvalue weighted by molar-refractivity contribution is 5.69. The van der Waals surface area contributed by atoms with Crippen LogP contribution in [0.25, 0.3) is 0 Å². The summed E-state index contributed by atoms with van der Waals surface area (Å²) in [6.45, 7) is 2.34. The second kappa shape index (κ2) is 6.10. The van der Waals surface area contributed by atoms with E-state index in [1.54, 1.807) is 13.0 Å². The van der Waals surface area contributed by atoms with Crippen LogP contribution in [0.4, 0.5) is 10.1 Å². The molecule has 1 aromatic rings. The summed E-state index contributed by atoms with van der Waals surface area (Å²) >= 11 is 0. The number of anilines is 1. The van der Waals surface area contributed by atoms with E-state index in [0.29, 0.717) is 24.9 Å². The summed E-state index contributed by atoms with van der Waals surface area (Å²) in [6.07, 6.45) is 1.04. The average molecular weight is 225 g/mol. The van der Waals surface area contributed by atoms with Crippen molar-refractivity contribution in [2.75, 3.05) is 19.0 Å². The lowest BCUT2D eigenvalue weighted by Crippen LogP contribution is -2.07. The minimum atomic E-state index is -0.224. The van der Waals surface area contributed by atoms with Gasteiger partial charge in [-0.3, -0.25) is 4.79 Å². The van der Waals surface area contributed by atoms with Crippen LogP contribution in [-0.4, -0.2) is 19.6 Å². The summed E-state index contributed by atoms with van der Waals surface area (Å²) < 4.78 is 17.7. The van der Waals surface area contributed by atoms with Gasteiger partial charge >= 0.3 is 5.97 Å². The Morgan fingerprint density at radius 3 is 2.94 bits per heavy atom. The largest absolute Gasteiger partial charge is 0.469 e. The molecule has 0 heterocycles. The van der Waals surface area contributed by atoms with Crippen molar-refractivity contribution in [3.63, 3.8) is 0 Å². The van der Waals surface area contributed by atoms with Crippen molar-refractivity contribution in [2.45, 2.75) is 19.8 Å². The van der Waals surface area contributed by atoms with Gasteiger partial charge in [0.25, 0.3) is 0 Å². The van der Waals surface area contributed by atoms with Gasteiger partial charge in [-0.25, -0.2) is 4.39 Å². The Kier molecular flexibility index (Phi) is 4.76. The predicted octanol–water partition coefficient (Wildman–Crippen LogP) is 2.50. The summed E-state index contributed by atoms with van der Waals surface area (Å²) in [5.41, 5.74) is 1.37. The van der Waals surface area contributed by atoms with E-state index in [0.717, 1.165) is 5.69 Å². The third-order valence-electron chi connectivity index (χ3n) is 2.37. The molecule has 3 nitrogen and oxygen atoms in total. The van der Waals surface area contributed by atoms with Crippen molar-refractivity contribution in [3.8, 4) is 0 Å². The van der Waals surface area contributed by atoms with E-state index in [4.69, 9.17) is 0 Å². The first-order valence-corrected chi connectivity index (χ1v) is 5.21. The third kappa shape index (κ3) is 3.53. The number of benzene rings is 1. The first-order chi connectivity index (χ1) is 7.65. The van der Waals surface area contributed by atoms with Gasteiger partial charge in [0.05, 0.1) is 7.11 Å². The van der Waals surface area contributed by atoms with Crippen LogP contribution in [-0.2, 0) is 9.53 Å². The van der Waals surface area contributed by atoms with E-state index in [2.05, 4.69) is 10.1 Å². The standard InChI is InChI=1S/C12H16FNO2/c1-9-10(13)5-3-6-11(9)14-8-4-7-12(15)16-2/h3,5-6,14H,4,7-8H2,1-2H3. The highest BCUT2D eigenvalue weighted by atomic mass is 19.1. The van der Waals surface area contributed by atoms with Crippen molar-refractivity contribution >= 4 is 11.7 Å². The smallest absolute Gasteiger partial charge is 0.305 e. The lowest BCUT2D eigenvalue weighted by molar-refractivity contribution is -0.140. The number of rotatable bonds is 5. The molecule has 16 heavy (non-hydrogen) atoms. The molecular weight excluding hydrogens is 209 g/mol. The minimum absolute atomic E-state index is 0.224. The molecule has 0 aliphatic heterocycles. The Morgan fingerprint density at radius 1 is 1.50 bits per heavy atom. The van der Waals surface area contributed by atoms with Crippen LogP contribution < -0.4 is 5.32 Å². The molecule has 88 valence electrons. The number of nitrogens with one attached hydrogen (secondary N) is 1. The summed E-state index contributed by atoms with van der Waals surface area (Å²) in [5, 5.41) is 3.09. The number of carbonyl (C=O) groups excluding carboxylic acids is 1. The van der Waals surface area contributed by atoms with Crippen molar-refractivity contribution in [1.82, 2.24) is 0 Å². The normalized spacial score (nSPS) is 9.94. The molecule has 0 fully saturated rings. The molecule has 0 aromatic heterocycles. The summed E-state index contributed by atoms with van der Waals surface area (Å²) in [7, 11) is 1.37. The van der Waals surface area contributed by atoms with E-state index in [-0.39, 0.29) is 11.8 Å². The summed E-state index contributed by atoms with van der Waals surface area (Å²) in [4.78, 5) is 10.8. The average Bonchev–Trinajstić information content (AvgIpc) is 2.29. The van der Waals surface area contributed by atoms with Crippen LogP contribution in [0, 0.1) is 12.7 Å². The molecule has 0 unspecified atom stereocenters. The Bertz CT molecular complexity index is 366. The Labute approximate surface area is 94.6 Å². The molecule has 0 atom stereocenters. The van der Waals surface area contributed by atoms with Gasteiger partial charge < -0.3 is 10.1 Å². The number of ether oxygens (including phenoxy) is 1. The maximum Gasteiger partial charge on any atom is 0.305 e. The van der Waals surface area contributed by atoms with Crippen LogP contribution in [0.5, 0.6) is 0 Å². The zero-order valence-corrected chi connectivity index (χ0v) is 9.55. The van der Waals surface area contributed by atoms with Gasteiger partial charge in [-0.2, -0.15) is 0 Å². The second-order valence-electron chi connectivity index (χ2n) is 3.52. The fraction of sp³-hybridized carbons (Fsp3) is 0.417.